The molecule has 0 aromatic rings. The third kappa shape index (κ3) is 63.8. The zero-order chi connectivity index (χ0) is 2.71. The molecule has 0 aromatic carbocycles. The lowest BCUT2D eigenvalue weighted by Gasteiger charge is -1.51. The van der Waals surface area contributed by atoms with E-state index in [9.17, 15) is 0 Å². The van der Waals surface area contributed by atoms with Crippen LogP contribution in [0.3, 0.4) is 0 Å². The van der Waals surface area contributed by atoms with Crippen LogP contribution in [0.1, 0.15) is 0 Å². The van der Waals surface area contributed by atoms with Gasteiger partial charge < -0.3 is 14.6 Å². The van der Waals surface area contributed by atoms with E-state index < -0.39 is 0 Å². The zero-order valence-corrected chi connectivity index (χ0v) is 2.62. The topological polar surface area (TPSA) is 72.0 Å². The molecule has 4 heteroatoms. The maximum absolute atomic E-state index is 7.04. The van der Waals surface area contributed by atoms with Crippen molar-refractivity contribution in [3.05, 3.63) is 0 Å². The van der Waals surface area contributed by atoms with Crippen LogP contribution in [-0.2, 0) is 0 Å². The van der Waals surface area contributed by atoms with E-state index >= 15 is 0 Å². The summed E-state index contributed by atoms with van der Waals surface area (Å²) in [5.74, 6) is 0. The molecule has 0 saturated carbocycles. The van der Waals surface area contributed by atoms with Crippen LogP contribution >= 0.6 is 12.3 Å². The molecule has 0 atom stereocenters. The van der Waals surface area contributed by atoms with E-state index in [1.54, 1.807) is 0 Å². The van der Waals surface area contributed by atoms with Gasteiger partial charge in [0.05, 0.1) is 0 Å². The van der Waals surface area contributed by atoms with Gasteiger partial charge in [0, 0.05) is 0 Å². The van der Waals surface area contributed by atoms with Crippen LogP contribution in [-0.4, -0.2) is 14.6 Å². The predicted octanol–water partition coefficient (Wildman–Crippen LogP) is -0.159. The standard InChI is InChI=1S/H2O2S.H2O/c1-3-2;/h1-2H;1H2. The molecule has 0 unspecified atom stereocenters. The van der Waals surface area contributed by atoms with Crippen molar-refractivity contribution in [2.24, 2.45) is 0 Å². The first-order valence-electron chi connectivity index (χ1n) is 0.365. The van der Waals surface area contributed by atoms with Crippen molar-refractivity contribution in [3.63, 3.8) is 0 Å². The van der Waals surface area contributed by atoms with Crippen LogP contribution in [0.25, 0.3) is 0 Å². The highest BCUT2D eigenvalue weighted by molar-refractivity contribution is 7.87. The lowest BCUT2D eigenvalue weighted by Crippen LogP contribution is -1.31. The highest BCUT2D eigenvalue weighted by Crippen LogP contribution is 1.67. The van der Waals surface area contributed by atoms with E-state index in [4.69, 9.17) is 9.11 Å². The lowest BCUT2D eigenvalue weighted by molar-refractivity contribution is 0.541. The molecule has 0 aliphatic heterocycles. The van der Waals surface area contributed by atoms with Crippen molar-refractivity contribution >= 4 is 12.3 Å². The molecule has 0 rings (SSSR count). The van der Waals surface area contributed by atoms with E-state index in [0.29, 0.717) is 0 Å². The Morgan fingerprint density at radius 1 is 1.25 bits per heavy atom. The second-order valence-electron chi connectivity index (χ2n) is 0.0816. The summed E-state index contributed by atoms with van der Waals surface area (Å²) in [5.41, 5.74) is 0. The summed E-state index contributed by atoms with van der Waals surface area (Å²) >= 11 is -0.250. The SMILES string of the molecule is O.OSO. The molecule has 4 N–H and O–H groups in total. The van der Waals surface area contributed by atoms with E-state index in [0.717, 1.165) is 0 Å². The highest BCUT2D eigenvalue weighted by Gasteiger charge is 1.36. The Labute approximate surface area is 28.0 Å². The molecule has 0 heterocycles. The smallest absolute Gasteiger partial charge is 0.152 e. The second-order valence-corrected chi connectivity index (χ2v) is 0.245. The predicted molar refractivity (Wildman–Crippen MR) is 16.5 cm³/mol. The van der Waals surface area contributed by atoms with Crippen molar-refractivity contribution in [3.8, 4) is 0 Å². The summed E-state index contributed by atoms with van der Waals surface area (Å²) < 4.78 is 14.1. The molecule has 0 aliphatic rings. The van der Waals surface area contributed by atoms with E-state index in [1.165, 1.54) is 0 Å². The van der Waals surface area contributed by atoms with Crippen LogP contribution in [0.15, 0.2) is 0 Å². The minimum Gasteiger partial charge on any atom is -0.412 e. The summed E-state index contributed by atoms with van der Waals surface area (Å²) in [6.07, 6.45) is 0. The molecule has 4 heavy (non-hydrogen) atoms. The fourth-order valence-electron chi connectivity index (χ4n) is 0. The maximum atomic E-state index is 7.04. The van der Waals surface area contributed by atoms with Gasteiger partial charge in [-0.1, -0.05) is 0 Å². The Morgan fingerprint density at radius 2 is 1.25 bits per heavy atom. The molecule has 0 fully saturated rings. The second kappa shape index (κ2) is 10.6. The summed E-state index contributed by atoms with van der Waals surface area (Å²) in [4.78, 5) is 0. The Bertz CT molecular complexity index is 3.25. The maximum Gasteiger partial charge on any atom is 0.152 e. The van der Waals surface area contributed by atoms with Crippen molar-refractivity contribution in [1.82, 2.24) is 0 Å². The normalized spacial score (nSPS) is 4.50. The van der Waals surface area contributed by atoms with Crippen LogP contribution in [0.4, 0.5) is 0 Å². The minimum atomic E-state index is -0.250. The van der Waals surface area contributed by atoms with Crippen LogP contribution in [0.2, 0.25) is 0 Å². The van der Waals surface area contributed by atoms with Crippen LogP contribution in [0.5, 0.6) is 0 Å². The van der Waals surface area contributed by atoms with Gasteiger partial charge in [-0.25, -0.2) is 0 Å². The average molecular weight is 84.1 g/mol. The highest BCUT2D eigenvalue weighted by atomic mass is 32.2. The largest absolute Gasteiger partial charge is 0.412 e. The molecule has 0 radical (unpaired) electrons. The van der Waals surface area contributed by atoms with Gasteiger partial charge in [0.2, 0.25) is 0 Å². The Balaban J connectivity index is 0. The molecule has 28 valence electrons. The Morgan fingerprint density at radius 3 is 1.25 bits per heavy atom. The molecule has 0 spiro atoms. The fraction of sp³-hybridized carbons (Fsp3) is 0. The summed E-state index contributed by atoms with van der Waals surface area (Å²) in [6, 6.07) is 0. The molecule has 0 amide bonds. The first-order valence-corrected chi connectivity index (χ1v) is 1.10. The van der Waals surface area contributed by atoms with Gasteiger partial charge in [0.1, 0.15) is 0 Å². The molecule has 0 bridgehead atoms. The van der Waals surface area contributed by atoms with Gasteiger partial charge >= 0.3 is 0 Å². The Kier molecular flexibility index (Phi) is 23.6. The third-order valence-electron chi connectivity index (χ3n) is 0. The van der Waals surface area contributed by atoms with Gasteiger partial charge in [-0.15, -0.1) is 0 Å². The molecule has 0 aromatic heterocycles. The Hall–Kier alpha value is 0.230. The number of rotatable bonds is 0. The first kappa shape index (κ1) is 8.87. The molecule has 0 saturated heterocycles. The average Bonchev–Trinajstić information content (AvgIpc) is 0.918. The van der Waals surface area contributed by atoms with E-state index in [-0.39, 0.29) is 17.8 Å². The first-order chi connectivity index (χ1) is 1.41. The van der Waals surface area contributed by atoms with Crippen LogP contribution < -0.4 is 0 Å². The van der Waals surface area contributed by atoms with Crippen molar-refractivity contribution in [2.45, 2.75) is 0 Å². The van der Waals surface area contributed by atoms with Crippen molar-refractivity contribution < 1.29 is 14.6 Å². The quantitative estimate of drug-likeness (QED) is 0.400. The van der Waals surface area contributed by atoms with Crippen molar-refractivity contribution in [2.75, 3.05) is 0 Å². The summed E-state index contributed by atoms with van der Waals surface area (Å²) in [6.45, 7) is 0. The van der Waals surface area contributed by atoms with Gasteiger partial charge in [0.15, 0.2) is 12.3 Å². The fourth-order valence-corrected chi connectivity index (χ4v) is 0. The molecular formula is H4O3S. The number of hydrogen-bond donors (Lipinski definition) is 2. The van der Waals surface area contributed by atoms with E-state index in [2.05, 4.69) is 0 Å². The molecular weight excluding hydrogens is 80.1 g/mol. The van der Waals surface area contributed by atoms with Gasteiger partial charge in [-0.2, -0.15) is 0 Å². The monoisotopic (exact) mass is 84.0 g/mol. The van der Waals surface area contributed by atoms with Gasteiger partial charge in [0.25, 0.3) is 0 Å². The van der Waals surface area contributed by atoms with Crippen molar-refractivity contribution in [1.29, 1.82) is 0 Å². The van der Waals surface area contributed by atoms with E-state index in [1.807, 2.05) is 0 Å². The third-order valence-corrected chi connectivity index (χ3v) is 0. The summed E-state index contributed by atoms with van der Waals surface area (Å²) in [7, 11) is 0. The minimum absolute atomic E-state index is 0. The zero-order valence-electron chi connectivity index (χ0n) is 1.80. The molecule has 3 nitrogen and oxygen atoms in total. The lowest BCUT2D eigenvalue weighted by atomic mass is 15.9. The number of hydrogen-bond acceptors (Lipinski definition) is 3. The van der Waals surface area contributed by atoms with Gasteiger partial charge in [-0.05, 0) is 0 Å². The van der Waals surface area contributed by atoms with Crippen LogP contribution in [0, 0.1) is 0 Å². The summed E-state index contributed by atoms with van der Waals surface area (Å²) in [5, 5.41) is 0. The molecule has 0 aliphatic carbocycles. The van der Waals surface area contributed by atoms with Gasteiger partial charge in [-0.3, -0.25) is 0 Å².